The molecule has 0 unspecified atom stereocenters. The van der Waals surface area contributed by atoms with Crippen molar-refractivity contribution in [1.29, 1.82) is 0 Å². The number of hydrogen-bond donors (Lipinski definition) is 2. The number of ether oxygens (including phenoxy) is 1. The zero-order valence-electron chi connectivity index (χ0n) is 20.0. The first-order chi connectivity index (χ1) is 17.2. The Labute approximate surface area is 207 Å². The van der Waals surface area contributed by atoms with Gasteiger partial charge in [0.25, 0.3) is 11.5 Å². The Kier molecular flexibility index (Phi) is 7.16. The van der Waals surface area contributed by atoms with E-state index in [-0.39, 0.29) is 49.3 Å². The Morgan fingerprint density at radius 2 is 1.78 bits per heavy atom. The molecular formula is C26H27FN4O5. The summed E-state index contributed by atoms with van der Waals surface area (Å²) >= 11 is 0. The fourth-order valence-electron chi connectivity index (χ4n) is 4.18. The average molecular weight is 495 g/mol. The highest BCUT2D eigenvalue weighted by Gasteiger charge is 2.40. The van der Waals surface area contributed by atoms with Crippen LogP contribution in [0.25, 0.3) is 0 Å². The Balaban J connectivity index is 1.71. The zero-order valence-corrected chi connectivity index (χ0v) is 20.0. The number of nitrogens with zero attached hydrogens (tertiary/aromatic N) is 3. The Hall–Kier alpha value is -4.05. The first kappa shape index (κ1) is 25.1. The van der Waals surface area contributed by atoms with Gasteiger partial charge in [0, 0.05) is 19.6 Å². The van der Waals surface area contributed by atoms with Gasteiger partial charge >= 0.3 is 5.97 Å². The second-order valence-electron chi connectivity index (χ2n) is 9.03. The molecule has 1 aliphatic heterocycles. The van der Waals surface area contributed by atoms with Gasteiger partial charge in [-0.15, -0.1) is 0 Å². The number of benzene rings is 2. The zero-order chi connectivity index (χ0) is 25.9. The van der Waals surface area contributed by atoms with Crippen LogP contribution < -0.4 is 15.6 Å². The minimum Gasteiger partial charge on any atom is -0.481 e. The molecule has 10 heteroatoms. The molecule has 1 amide bonds. The fraction of sp³-hybridized carbons (Fsp3) is 0.308. The number of fused-ring (bicyclic) bond motifs is 1. The summed E-state index contributed by atoms with van der Waals surface area (Å²) in [6.45, 7) is 3.96. The summed E-state index contributed by atoms with van der Waals surface area (Å²) in [4.78, 5) is 44.4. The Morgan fingerprint density at radius 3 is 2.44 bits per heavy atom. The molecule has 2 aromatic carbocycles. The average Bonchev–Trinajstić information content (AvgIpc) is 2.85. The summed E-state index contributed by atoms with van der Waals surface area (Å²) in [5, 5.41) is 12.0. The number of aromatic nitrogens is 2. The van der Waals surface area contributed by atoms with Crippen molar-refractivity contribution in [2.75, 3.05) is 13.1 Å². The van der Waals surface area contributed by atoms with Gasteiger partial charge in [-0.2, -0.15) is 0 Å². The van der Waals surface area contributed by atoms with Crippen molar-refractivity contribution >= 4 is 11.9 Å². The maximum Gasteiger partial charge on any atom is 0.317 e. The number of nitrogens with one attached hydrogen (secondary N) is 1. The molecule has 0 atom stereocenters. The van der Waals surface area contributed by atoms with Crippen LogP contribution in [0.15, 0.2) is 59.4 Å². The number of carboxylic acids is 1. The van der Waals surface area contributed by atoms with Gasteiger partial charge in [-0.25, -0.2) is 9.37 Å². The number of carbonyl (C=O) groups excluding carboxylic acids is 1. The summed E-state index contributed by atoms with van der Waals surface area (Å²) in [5.74, 6) is -1.92. The number of hydrogen-bond acceptors (Lipinski definition) is 6. The highest BCUT2D eigenvalue weighted by molar-refractivity contribution is 5.94. The van der Waals surface area contributed by atoms with Gasteiger partial charge in [0.2, 0.25) is 5.75 Å². The quantitative estimate of drug-likeness (QED) is 0.495. The van der Waals surface area contributed by atoms with E-state index in [4.69, 9.17) is 4.74 Å². The van der Waals surface area contributed by atoms with E-state index in [1.165, 1.54) is 16.7 Å². The molecule has 4 rings (SSSR count). The highest BCUT2D eigenvalue weighted by atomic mass is 19.1. The van der Waals surface area contributed by atoms with E-state index in [1.54, 1.807) is 30.9 Å². The molecule has 0 bridgehead atoms. The van der Waals surface area contributed by atoms with Crippen molar-refractivity contribution < 1.29 is 23.8 Å². The van der Waals surface area contributed by atoms with E-state index >= 15 is 0 Å². The van der Waals surface area contributed by atoms with E-state index in [2.05, 4.69) is 10.3 Å². The van der Waals surface area contributed by atoms with Gasteiger partial charge in [-0.3, -0.25) is 23.9 Å². The van der Waals surface area contributed by atoms with Crippen LogP contribution >= 0.6 is 0 Å². The van der Waals surface area contributed by atoms with Crippen molar-refractivity contribution in [2.24, 2.45) is 0 Å². The number of carboxylic acid groups (broad SMARTS) is 1. The first-order valence-corrected chi connectivity index (χ1v) is 11.5. The number of aliphatic carboxylic acids is 1. The predicted molar refractivity (Wildman–Crippen MR) is 129 cm³/mol. The summed E-state index contributed by atoms with van der Waals surface area (Å²) in [6.07, 6.45) is 0. The number of amides is 1. The van der Waals surface area contributed by atoms with Crippen LogP contribution in [0.1, 0.15) is 41.3 Å². The van der Waals surface area contributed by atoms with Crippen molar-refractivity contribution in [1.82, 2.24) is 19.8 Å². The highest BCUT2D eigenvalue weighted by Crippen LogP contribution is 2.30. The molecule has 2 N–H and O–H groups in total. The van der Waals surface area contributed by atoms with Crippen LogP contribution in [0.3, 0.4) is 0 Å². The Bertz CT molecular complexity index is 1320. The molecule has 9 nitrogen and oxygen atoms in total. The van der Waals surface area contributed by atoms with Crippen LogP contribution in [0.2, 0.25) is 0 Å². The molecule has 0 spiro atoms. The van der Waals surface area contributed by atoms with Gasteiger partial charge in [0.1, 0.15) is 18.2 Å². The summed E-state index contributed by atoms with van der Waals surface area (Å²) in [7, 11) is 0. The van der Waals surface area contributed by atoms with Crippen LogP contribution in [0, 0.1) is 5.82 Å². The molecule has 0 radical (unpaired) electrons. The lowest BCUT2D eigenvalue weighted by molar-refractivity contribution is -0.140. The number of rotatable bonds is 8. The van der Waals surface area contributed by atoms with Crippen molar-refractivity contribution in [2.45, 2.75) is 39.1 Å². The van der Waals surface area contributed by atoms with Crippen molar-refractivity contribution in [3.63, 3.8) is 0 Å². The largest absolute Gasteiger partial charge is 0.481 e. The van der Waals surface area contributed by atoms with Gasteiger partial charge in [-0.05, 0) is 37.1 Å². The van der Waals surface area contributed by atoms with Crippen LogP contribution in [-0.2, 0) is 30.0 Å². The van der Waals surface area contributed by atoms with E-state index in [9.17, 15) is 23.9 Å². The normalized spacial score (nSPS) is 14.6. The molecule has 2 heterocycles. The molecule has 36 heavy (non-hydrogen) atoms. The minimum atomic E-state index is -1.00. The van der Waals surface area contributed by atoms with Crippen molar-refractivity contribution in [3.05, 3.63) is 93.4 Å². The summed E-state index contributed by atoms with van der Waals surface area (Å²) < 4.78 is 20.5. The molecule has 0 aliphatic carbocycles. The monoisotopic (exact) mass is 494 g/mol. The van der Waals surface area contributed by atoms with Gasteiger partial charge < -0.3 is 15.2 Å². The second kappa shape index (κ2) is 10.3. The number of halogens is 1. The van der Waals surface area contributed by atoms with E-state index in [1.807, 2.05) is 30.3 Å². The van der Waals surface area contributed by atoms with E-state index in [0.29, 0.717) is 12.1 Å². The predicted octanol–water partition coefficient (Wildman–Crippen LogP) is 2.53. The standard InChI is InChI=1S/C26H27FN4O5/c1-26(2)25-29-21(23(34)28-14-17-8-10-19(27)11-9-17)22(36-16-18-6-4-3-5-7-18)24(35)31(25)13-12-30(26)15-20(32)33/h3-11H,12-16H2,1-2H3,(H,28,34)(H,32,33). The maximum absolute atomic E-state index is 13.5. The van der Waals surface area contributed by atoms with Crippen LogP contribution in [0.4, 0.5) is 4.39 Å². The first-order valence-electron chi connectivity index (χ1n) is 11.5. The van der Waals surface area contributed by atoms with Gasteiger partial charge in [-0.1, -0.05) is 42.5 Å². The van der Waals surface area contributed by atoms with Crippen LogP contribution in [0.5, 0.6) is 5.75 Å². The fourth-order valence-corrected chi connectivity index (χ4v) is 4.18. The molecular weight excluding hydrogens is 467 g/mol. The molecule has 0 saturated heterocycles. The molecule has 0 fully saturated rings. The van der Waals surface area contributed by atoms with Gasteiger partial charge in [0.05, 0.1) is 12.1 Å². The topological polar surface area (TPSA) is 114 Å². The lowest BCUT2D eigenvalue weighted by Gasteiger charge is -2.42. The molecule has 188 valence electrons. The van der Waals surface area contributed by atoms with Gasteiger partial charge in [0.15, 0.2) is 5.69 Å². The lowest BCUT2D eigenvalue weighted by Crippen LogP contribution is -2.54. The lowest BCUT2D eigenvalue weighted by atomic mass is 9.98. The smallest absolute Gasteiger partial charge is 0.317 e. The molecule has 0 saturated carbocycles. The maximum atomic E-state index is 13.5. The summed E-state index contributed by atoms with van der Waals surface area (Å²) in [5.41, 5.74) is -0.149. The third kappa shape index (κ3) is 5.28. The third-order valence-electron chi connectivity index (χ3n) is 6.19. The summed E-state index contributed by atoms with van der Waals surface area (Å²) in [6, 6.07) is 14.9. The van der Waals surface area contributed by atoms with Crippen molar-refractivity contribution in [3.8, 4) is 5.75 Å². The van der Waals surface area contributed by atoms with E-state index in [0.717, 1.165) is 5.56 Å². The number of carbonyl (C=O) groups is 2. The molecule has 3 aromatic rings. The second-order valence-corrected chi connectivity index (χ2v) is 9.03. The Morgan fingerprint density at radius 1 is 1.08 bits per heavy atom. The molecule has 1 aromatic heterocycles. The third-order valence-corrected chi connectivity index (χ3v) is 6.19. The van der Waals surface area contributed by atoms with Crippen LogP contribution in [-0.4, -0.2) is 44.5 Å². The minimum absolute atomic E-state index is 0.0594. The molecule has 1 aliphatic rings. The SMILES string of the molecule is CC1(C)c2nc(C(=O)NCc3ccc(F)cc3)c(OCc3ccccc3)c(=O)n2CCN1CC(=O)O. The van der Waals surface area contributed by atoms with E-state index < -0.39 is 23.0 Å².